The van der Waals surface area contributed by atoms with Crippen LogP contribution in [0, 0.1) is 0 Å². The number of carbonyl (C=O) groups is 1. The minimum atomic E-state index is 0.135. The first-order valence-corrected chi connectivity index (χ1v) is 5.93. The molecule has 2 aromatic rings. The fourth-order valence-corrected chi connectivity index (χ4v) is 2.09. The van der Waals surface area contributed by atoms with Gasteiger partial charge in [-0.25, -0.2) is 0 Å². The first kappa shape index (κ1) is 12.6. The number of fused-ring (bicyclic) bond motifs is 1. The van der Waals surface area contributed by atoms with E-state index in [1.807, 2.05) is 18.2 Å². The fraction of sp³-hybridized carbons (Fsp3) is 0.267. The molecule has 0 heterocycles. The maximum absolute atomic E-state index is 11.1. The van der Waals surface area contributed by atoms with Crippen molar-refractivity contribution in [3.05, 3.63) is 41.5 Å². The molecule has 0 atom stereocenters. The van der Waals surface area contributed by atoms with E-state index in [1.165, 1.54) is 5.56 Å². The summed E-state index contributed by atoms with van der Waals surface area (Å²) >= 11 is 0. The summed E-state index contributed by atoms with van der Waals surface area (Å²) in [6, 6.07) is 9.79. The molecule has 3 nitrogen and oxygen atoms in total. The average Bonchev–Trinajstić information content (AvgIpc) is 2.43. The third kappa shape index (κ3) is 2.22. The van der Waals surface area contributed by atoms with E-state index in [9.17, 15) is 4.79 Å². The van der Waals surface area contributed by atoms with Crippen molar-refractivity contribution in [2.75, 3.05) is 13.9 Å². The molecule has 0 radical (unpaired) electrons. The molecular weight excluding hydrogens is 228 g/mol. The van der Waals surface area contributed by atoms with Crippen LogP contribution in [-0.4, -0.2) is 20.2 Å². The van der Waals surface area contributed by atoms with E-state index in [1.54, 1.807) is 13.2 Å². The highest BCUT2D eigenvalue weighted by molar-refractivity contribution is 5.97. The number of aryl methyl sites for hydroxylation is 1. The van der Waals surface area contributed by atoms with Crippen molar-refractivity contribution in [3.63, 3.8) is 0 Å². The second-order valence-corrected chi connectivity index (χ2v) is 4.02. The molecule has 0 aliphatic heterocycles. The third-order valence-electron chi connectivity index (χ3n) is 2.96. The first-order chi connectivity index (χ1) is 8.81. The zero-order valence-corrected chi connectivity index (χ0v) is 10.6. The Hall–Kier alpha value is -1.87. The van der Waals surface area contributed by atoms with Crippen LogP contribution in [0.1, 0.15) is 22.8 Å². The number of methoxy groups -OCH3 is 1. The van der Waals surface area contributed by atoms with Crippen molar-refractivity contribution in [1.82, 2.24) is 0 Å². The van der Waals surface area contributed by atoms with Gasteiger partial charge in [-0.1, -0.05) is 31.2 Å². The van der Waals surface area contributed by atoms with E-state index >= 15 is 0 Å². The van der Waals surface area contributed by atoms with Gasteiger partial charge in [-0.2, -0.15) is 0 Å². The maximum Gasteiger partial charge on any atom is 0.188 e. The Morgan fingerprint density at radius 1 is 1.17 bits per heavy atom. The molecule has 0 aliphatic carbocycles. The molecule has 0 aliphatic rings. The molecule has 18 heavy (non-hydrogen) atoms. The molecule has 0 amide bonds. The van der Waals surface area contributed by atoms with Gasteiger partial charge in [0, 0.05) is 12.5 Å². The van der Waals surface area contributed by atoms with Crippen LogP contribution in [0.5, 0.6) is 5.75 Å². The summed E-state index contributed by atoms with van der Waals surface area (Å²) in [5, 5.41) is 2.08. The average molecular weight is 244 g/mol. The lowest BCUT2D eigenvalue weighted by Crippen LogP contribution is -2.02. The van der Waals surface area contributed by atoms with Crippen LogP contribution >= 0.6 is 0 Å². The van der Waals surface area contributed by atoms with Crippen molar-refractivity contribution >= 4 is 17.1 Å². The Labute approximate surface area is 106 Å². The zero-order chi connectivity index (χ0) is 13.0. The number of rotatable bonds is 5. The second-order valence-electron chi connectivity index (χ2n) is 4.02. The van der Waals surface area contributed by atoms with E-state index in [-0.39, 0.29) is 6.79 Å². The lowest BCUT2D eigenvalue weighted by Gasteiger charge is -2.12. The van der Waals surface area contributed by atoms with E-state index in [4.69, 9.17) is 9.47 Å². The fourth-order valence-electron chi connectivity index (χ4n) is 2.09. The van der Waals surface area contributed by atoms with Gasteiger partial charge in [0.05, 0.1) is 5.56 Å². The molecule has 0 bridgehead atoms. The number of ether oxygens (including phenoxy) is 2. The Morgan fingerprint density at radius 2 is 2.00 bits per heavy atom. The molecule has 94 valence electrons. The first-order valence-electron chi connectivity index (χ1n) is 5.93. The smallest absolute Gasteiger partial charge is 0.188 e. The van der Waals surface area contributed by atoms with Gasteiger partial charge in [-0.05, 0) is 23.4 Å². The summed E-state index contributed by atoms with van der Waals surface area (Å²) in [5.41, 5.74) is 1.79. The van der Waals surface area contributed by atoms with Crippen molar-refractivity contribution in [3.8, 4) is 5.75 Å². The van der Waals surface area contributed by atoms with Gasteiger partial charge >= 0.3 is 0 Å². The van der Waals surface area contributed by atoms with Crippen LogP contribution in [0.2, 0.25) is 0 Å². The minimum Gasteiger partial charge on any atom is -0.466 e. The van der Waals surface area contributed by atoms with Gasteiger partial charge in [0.25, 0.3) is 0 Å². The Bertz CT molecular complexity index is 561. The zero-order valence-electron chi connectivity index (χ0n) is 10.6. The third-order valence-corrected chi connectivity index (χ3v) is 2.96. The summed E-state index contributed by atoms with van der Waals surface area (Å²) in [4.78, 5) is 11.1. The minimum absolute atomic E-state index is 0.135. The lowest BCUT2D eigenvalue weighted by atomic mass is 10.00. The van der Waals surface area contributed by atoms with E-state index in [2.05, 4.69) is 13.0 Å². The molecule has 0 unspecified atom stereocenters. The molecule has 0 spiro atoms. The highest BCUT2D eigenvalue weighted by Crippen LogP contribution is 2.31. The number of aldehydes is 1. The van der Waals surface area contributed by atoms with Gasteiger partial charge in [-0.3, -0.25) is 4.79 Å². The molecule has 0 fully saturated rings. The molecule has 2 aromatic carbocycles. The van der Waals surface area contributed by atoms with Crippen molar-refractivity contribution in [1.29, 1.82) is 0 Å². The number of hydrogen-bond acceptors (Lipinski definition) is 3. The molecule has 0 aromatic heterocycles. The molecule has 2 rings (SSSR count). The van der Waals surface area contributed by atoms with Gasteiger partial charge in [0.2, 0.25) is 0 Å². The van der Waals surface area contributed by atoms with Crippen LogP contribution in [0.25, 0.3) is 10.8 Å². The van der Waals surface area contributed by atoms with Crippen LogP contribution in [-0.2, 0) is 11.2 Å². The summed E-state index contributed by atoms with van der Waals surface area (Å²) in [5.74, 6) is 0.597. The maximum atomic E-state index is 11.1. The Morgan fingerprint density at radius 3 is 2.67 bits per heavy atom. The predicted octanol–water partition coefficient (Wildman–Crippen LogP) is 3.20. The summed E-state index contributed by atoms with van der Waals surface area (Å²) in [7, 11) is 1.56. The molecular formula is C15H16O3. The van der Waals surface area contributed by atoms with Crippen molar-refractivity contribution in [2.45, 2.75) is 13.3 Å². The van der Waals surface area contributed by atoms with Crippen LogP contribution < -0.4 is 4.74 Å². The number of carbonyl (C=O) groups excluding carboxylic acids is 1. The van der Waals surface area contributed by atoms with Gasteiger partial charge in [-0.15, -0.1) is 0 Å². The second kappa shape index (κ2) is 5.65. The van der Waals surface area contributed by atoms with Crippen LogP contribution in [0.3, 0.4) is 0 Å². The highest BCUT2D eigenvalue weighted by atomic mass is 16.7. The Kier molecular flexibility index (Phi) is 3.95. The molecule has 3 heteroatoms. The van der Waals surface area contributed by atoms with Crippen molar-refractivity contribution < 1.29 is 14.3 Å². The lowest BCUT2D eigenvalue weighted by molar-refractivity contribution is 0.0516. The SMILES string of the molecule is CCc1cccc2c(OCOC)c(C=O)ccc12. The Balaban J connectivity index is 2.65. The van der Waals surface area contributed by atoms with Gasteiger partial charge in [0.1, 0.15) is 5.75 Å². The van der Waals surface area contributed by atoms with Crippen LogP contribution in [0.15, 0.2) is 30.3 Å². The molecule has 0 saturated carbocycles. The largest absolute Gasteiger partial charge is 0.466 e. The van der Waals surface area contributed by atoms with E-state index in [0.29, 0.717) is 11.3 Å². The topological polar surface area (TPSA) is 35.5 Å². The van der Waals surface area contributed by atoms with Crippen LogP contribution in [0.4, 0.5) is 0 Å². The summed E-state index contributed by atoms with van der Waals surface area (Å²) in [6.45, 7) is 2.24. The predicted molar refractivity (Wildman–Crippen MR) is 71.2 cm³/mol. The standard InChI is InChI=1S/C15H16O3/c1-3-11-5-4-6-14-13(11)8-7-12(9-16)15(14)18-10-17-2/h4-9H,3,10H2,1-2H3. The summed E-state index contributed by atoms with van der Waals surface area (Å²) in [6.07, 6.45) is 1.75. The highest BCUT2D eigenvalue weighted by Gasteiger charge is 2.10. The molecule has 0 saturated heterocycles. The number of hydrogen-bond donors (Lipinski definition) is 0. The van der Waals surface area contributed by atoms with E-state index < -0.39 is 0 Å². The monoisotopic (exact) mass is 244 g/mol. The quantitative estimate of drug-likeness (QED) is 0.598. The van der Waals surface area contributed by atoms with Gasteiger partial charge < -0.3 is 9.47 Å². The molecule has 0 N–H and O–H groups in total. The summed E-state index contributed by atoms with van der Waals surface area (Å²) < 4.78 is 10.4. The normalized spacial score (nSPS) is 10.6. The number of benzene rings is 2. The van der Waals surface area contributed by atoms with Gasteiger partial charge in [0.15, 0.2) is 13.1 Å². The van der Waals surface area contributed by atoms with E-state index in [0.717, 1.165) is 23.5 Å². The van der Waals surface area contributed by atoms with Crippen molar-refractivity contribution in [2.24, 2.45) is 0 Å².